The zero-order chi connectivity index (χ0) is 14.8. The Morgan fingerprint density at radius 1 is 1.25 bits per heavy atom. The predicted octanol–water partition coefficient (Wildman–Crippen LogP) is 1.23. The molecule has 20 heavy (non-hydrogen) atoms. The molecular formula is C13H14N2O4S. The first-order chi connectivity index (χ1) is 9.39. The van der Waals surface area contributed by atoms with Crippen LogP contribution >= 0.6 is 0 Å². The van der Waals surface area contributed by atoms with Crippen molar-refractivity contribution in [2.75, 3.05) is 0 Å². The highest BCUT2D eigenvalue weighted by Gasteiger charge is 2.44. The highest BCUT2D eigenvalue weighted by atomic mass is 32.2. The Kier molecular flexibility index (Phi) is 3.79. The standard InChI is InChI=1S/C13H14N2O4S/c14-9-10-3-5-11(6-4-10)20(18,19)15-13(12(16)17)7-1-2-8-13/h3-6,15H,1-2,7-8H2,(H,16,17). The Bertz CT molecular complexity index is 653. The molecule has 0 aromatic heterocycles. The summed E-state index contributed by atoms with van der Waals surface area (Å²) in [5.74, 6) is -1.15. The predicted molar refractivity (Wildman–Crippen MR) is 70.3 cm³/mol. The van der Waals surface area contributed by atoms with Crippen LogP contribution in [0.1, 0.15) is 31.2 Å². The van der Waals surface area contributed by atoms with E-state index >= 15 is 0 Å². The van der Waals surface area contributed by atoms with E-state index in [0.717, 1.165) is 0 Å². The van der Waals surface area contributed by atoms with E-state index in [4.69, 9.17) is 5.26 Å². The number of aliphatic carboxylic acids is 1. The van der Waals surface area contributed by atoms with Crippen molar-refractivity contribution in [1.29, 1.82) is 5.26 Å². The summed E-state index contributed by atoms with van der Waals surface area (Å²) in [7, 11) is -3.91. The second kappa shape index (κ2) is 5.23. The van der Waals surface area contributed by atoms with E-state index in [1.165, 1.54) is 24.3 Å². The zero-order valence-corrected chi connectivity index (χ0v) is 11.5. The molecule has 2 N–H and O–H groups in total. The monoisotopic (exact) mass is 294 g/mol. The summed E-state index contributed by atoms with van der Waals surface area (Å²) in [6.07, 6.45) is 1.94. The molecule has 1 fully saturated rings. The summed E-state index contributed by atoms with van der Waals surface area (Å²) in [4.78, 5) is 11.3. The molecule has 0 aliphatic heterocycles. The molecule has 0 saturated heterocycles. The SMILES string of the molecule is N#Cc1ccc(S(=O)(=O)NC2(C(=O)O)CCCC2)cc1. The van der Waals surface area contributed by atoms with Gasteiger partial charge in [-0.25, -0.2) is 8.42 Å². The molecule has 0 radical (unpaired) electrons. The fourth-order valence-electron chi connectivity index (χ4n) is 2.36. The number of benzene rings is 1. The van der Waals surface area contributed by atoms with Gasteiger partial charge >= 0.3 is 5.97 Å². The number of carboxylic acids is 1. The van der Waals surface area contributed by atoms with E-state index in [-0.39, 0.29) is 17.7 Å². The first kappa shape index (κ1) is 14.5. The molecule has 2 rings (SSSR count). The number of nitriles is 1. The Labute approximate surface area is 117 Å². The Morgan fingerprint density at radius 2 is 1.80 bits per heavy atom. The smallest absolute Gasteiger partial charge is 0.324 e. The van der Waals surface area contributed by atoms with Crippen molar-refractivity contribution < 1.29 is 18.3 Å². The minimum Gasteiger partial charge on any atom is -0.480 e. The number of carboxylic acid groups (broad SMARTS) is 1. The minimum absolute atomic E-state index is 0.0379. The third-order valence-corrected chi connectivity index (χ3v) is 5.04. The Hall–Kier alpha value is -1.91. The largest absolute Gasteiger partial charge is 0.480 e. The van der Waals surface area contributed by atoms with Crippen LogP contribution in [0.4, 0.5) is 0 Å². The molecule has 7 heteroatoms. The molecule has 1 aromatic rings. The van der Waals surface area contributed by atoms with Crippen LogP contribution in [0.15, 0.2) is 29.2 Å². The van der Waals surface area contributed by atoms with Crippen LogP contribution in [0.25, 0.3) is 0 Å². The van der Waals surface area contributed by atoms with Gasteiger partial charge in [0.15, 0.2) is 0 Å². The van der Waals surface area contributed by atoms with Gasteiger partial charge in [-0.15, -0.1) is 0 Å². The lowest BCUT2D eigenvalue weighted by Gasteiger charge is -2.24. The minimum atomic E-state index is -3.91. The molecule has 106 valence electrons. The second-order valence-electron chi connectivity index (χ2n) is 4.84. The van der Waals surface area contributed by atoms with E-state index < -0.39 is 21.5 Å². The Morgan fingerprint density at radius 3 is 2.25 bits per heavy atom. The van der Waals surface area contributed by atoms with Crippen molar-refractivity contribution >= 4 is 16.0 Å². The molecule has 0 spiro atoms. The lowest BCUT2D eigenvalue weighted by atomic mass is 10.0. The third-order valence-electron chi connectivity index (χ3n) is 3.49. The highest BCUT2D eigenvalue weighted by Crippen LogP contribution is 2.31. The molecular weight excluding hydrogens is 280 g/mol. The van der Waals surface area contributed by atoms with Crippen molar-refractivity contribution in [1.82, 2.24) is 4.72 Å². The lowest BCUT2D eigenvalue weighted by Crippen LogP contribution is -2.52. The zero-order valence-electron chi connectivity index (χ0n) is 10.7. The van der Waals surface area contributed by atoms with Crippen molar-refractivity contribution in [2.24, 2.45) is 0 Å². The summed E-state index contributed by atoms with van der Waals surface area (Å²) in [6, 6.07) is 7.26. The van der Waals surface area contributed by atoms with Crippen LogP contribution in [-0.2, 0) is 14.8 Å². The third kappa shape index (κ3) is 2.66. The second-order valence-corrected chi connectivity index (χ2v) is 6.52. The van der Waals surface area contributed by atoms with E-state index in [0.29, 0.717) is 18.4 Å². The van der Waals surface area contributed by atoms with Gasteiger partial charge in [0, 0.05) is 0 Å². The van der Waals surface area contributed by atoms with Gasteiger partial charge in [0.05, 0.1) is 16.5 Å². The quantitative estimate of drug-likeness (QED) is 0.868. The number of carbonyl (C=O) groups is 1. The Balaban J connectivity index is 2.30. The molecule has 1 aliphatic rings. The van der Waals surface area contributed by atoms with Crippen LogP contribution in [-0.4, -0.2) is 25.0 Å². The molecule has 1 saturated carbocycles. The van der Waals surface area contributed by atoms with E-state index in [9.17, 15) is 18.3 Å². The topological polar surface area (TPSA) is 107 Å². The normalized spacial score (nSPS) is 17.6. The maximum Gasteiger partial charge on any atom is 0.324 e. The number of nitrogens with zero attached hydrogens (tertiary/aromatic N) is 1. The first-order valence-electron chi connectivity index (χ1n) is 6.17. The number of hydrogen-bond donors (Lipinski definition) is 2. The summed E-state index contributed by atoms with van der Waals surface area (Å²) >= 11 is 0. The summed E-state index contributed by atoms with van der Waals surface area (Å²) in [5.41, 5.74) is -1.06. The fraction of sp³-hybridized carbons (Fsp3) is 0.385. The number of rotatable bonds is 4. The number of nitrogens with one attached hydrogen (secondary N) is 1. The molecule has 0 atom stereocenters. The lowest BCUT2D eigenvalue weighted by molar-refractivity contribution is -0.143. The maximum atomic E-state index is 12.2. The summed E-state index contributed by atoms with van der Waals surface area (Å²) in [5, 5.41) is 18.0. The van der Waals surface area contributed by atoms with E-state index in [1.54, 1.807) is 0 Å². The maximum absolute atomic E-state index is 12.2. The molecule has 0 heterocycles. The van der Waals surface area contributed by atoms with Gasteiger partial charge in [-0.05, 0) is 37.1 Å². The average Bonchev–Trinajstić information content (AvgIpc) is 2.88. The average molecular weight is 294 g/mol. The van der Waals surface area contributed by atoms with Crippen LogP contribution in [0, 0.1) is 11.3 Å². The van der Waals surface area contributed by atoms with Crippen molar-refractivity contribution in [2.45, 2.75) is 36.1 Å². The van der Waals surface area contributed by atoms with Crippen LogP contribution in [0.5, 0.6) is 0 Å². The van der Waals surface area contributed by atoms with Crippen LogP contribution in [0.2, 0.25) is 0 Å². The van der Waals surface area contributed by atoms with Gasteiger partial charge in [-0.1, -0.05) is 12.8 Å². The number of sulfonamides is 1. The van der Waals surface area contributed by atoms with E-state index in [1.807, 2.05) is 6.07 Å². The molecule has 1 aliphatic carbocycles. The van der Waals surface area contributed by atoms with Crippen molar-refractivity contribution in [3.8, 4) is 6.07 Å². The van der Waals surface area contributed by atoms with Crippen molar-refractivity contribution in [3.05, 3.63) is 29.8 Å². The van der Waals surface area contributed by atoms with Gasteiger partial charge in [-0.3, -0.25) is 4.79 Å². The highest BCUT2D eigenvalue weighted by molar-refractivity contribution is 7.89. The van der Waals surface area contributed by atoms with E-state index in [2.05, 4.69) is 4.72 Å². The van der Waals surface area contributed by atoms with Gasteiger partial charge in [0.25, 0.3) is 0 Å². The van der Waals surface area contributed by atoms with Gasteiger partial charge < -0.3 is 5.11 Å². The first-order valence-corrected chi connectivity index (χ1v) is 7.65. The molecule has 0 unspecified atom stereocenters. The van der Waals surface area contributed by atoms with Crippen LogP contribution in [0.3, 0.4) is 0 Å². The van der Waals surface area contributed by atoms with Crippen LogP contribution < -0.4 is 4.72 Å². The van der Waals surface area contributed by atoms with Crippen molar-refractivity contribution in [3.63, 3.8) is 0 Å². The molecule has 0 bridgehead atoms. The van der Waals surface area contributed by atoms with Gasteiger partial charge in [0.1, 0.15) is 5.54 Å². The fourth-order valence-corrected chi connectivity index (χ4v) is 3.78. The molecule has 0 amide bonds. The van der Waals surface area contributed by atoms with Gasteiger partial charge in [-0.2, -0.15) is 9.98 Å². The summed E-state index contributed by atoms with van der Waals surface area (Å²) in [6.45, 7) is 0. The molecule has 1 aromatic carbocycles. The molecule has 6 nitrogen and oxygen atoms in total. The van der Waals surface area contributed by atoms with Gasteiger partial charge in [0.2, 0.25) is 10.0 Å². The summed E-state index contributed by atoms with van der Waals surface area (Å²) < 4.78 is 26.8. The number of hydrogen-bond acceptors (Lipinski definition) is 4.